The Morgan fingerprint density at radius 3 is 2.46 bits per heavy atom. The quantitative estimate of drug-likeness (QED) is 0.734. The van der Waals surface area contributed by atoms with Crippen molar-refractivity contribution < 1.29 is 9.53 Å². The van der Waals surface area contributed by atoms with Crippen molar-refractivity contribution >= 4 is 5.91 Å². The van der Waals surface area contributed by atoms with E-state index in [1.165, 1.54) is 0 Å². The molecule has 4 heteroatoms. The van der Waals surface area contributed by atoms with Crippen LogP contribution in [0.4, 0.5) is 0 Å². The van der Waals surface area contributed by atoms with Gasteiger partial charge in [-0.1, -0.05) is 54.6 Å². The van der Waals surface area contributed by atoms with E-state index in [1.807, 2.05) is 48.5 Å². The zero-order chi connectivity index (χ0) is 18.2. The number of nitriles is 1. The van der Waals surface area contributed by atoms with Crippen LogP contribution < -0.4 is 10.1 Å². The zero-order valence-corrected chi connectivity index (χ0v) is 14.2. The molecule has 0 bridgehead atoms. The van der Waals surface area contributed by atoms with Crippen LogP contribution in [0.3, 0.4) is 0 Å². The standard InChI is InChI=1S/C22H18N2O2/c23-14-18-9-6-10-19(13-18)16-26-21-12-5-4-11-20(21)22(25)24-15-17-7-2-1-3-8-17/h1-13H,15-16H2,(H,24,25). The average Bonchev–Trinajstić information content (AvgIpc) is 2.71. The van der Waals surface area contributed by atoms with Crippen molar-refractivity contribution in [1.82, 2.24) is 5.32 Å². The fourth-order valence-electron chi connectivity index (χ4n) is 2.55. The van der Waals surface area contributed by atoms with Crippen molar-refractivity contribution in [2.24, 2.45) is 0 Å². The molecule has 0 aliphatic heterocycles. The first-order valence-corrected chi connectivity index (χ1v) is 8.29. The van der Waals surface area contributed by atoms with Crippen molar-refractivity contribution in [1.29, 1.82) is 5.26 Å². The van der Waals surface area contributed by atoms with Crippen LogP contribution in [0.2, 0.25) is 0 Å². The molecule has 0 aliphatic rings. The molecule has 4 nitrogen and oxygen atoms in total. The van der Waals surface area contributed by atoms with Crippen molar-refractivity contribution in [3.05, 3.63) is 101 Å². The Morgan fingerprint density at radius 1 is 0.923 bits per heavy atom. The van der Waals surface area contributed by atoms with E-state index in [0.29, 0.717) is 30.0 Å². The van der Waals surface area contributed by atoms with E-state index >= 15 is 0 Å². The molecular formula is C22H18N2O2. The lowest BCUT2D eigenvalue weighted by Gasteiger charge is -2.12. The summed E-state index contributed by atoms with van der Waals surface area (Å²) in [7, 11) is 0. The first-order valence-electron chi connectivity index (χ1n) is 8.29. The highest BCUT2D eigenvalue weighted by Crippen LogP contribution is 2.20. The lowest BCUT2D eigenvalue weighted by Crippen LogP contribution is -2.23. The Balaban J connectivity index is 1.67. The maximum atomic E-state index is 12.5. The SMILES string of the molecule is N#Cc1cccc(COc2ccccc2C(=O)NCc2ccccc2)c1. The maximum Gasteiger partial charge on any atom is 0.255 e. The molecule has 0 fully saturated rings. The van der Waals surface area contributed by atoms with Crippen molar-refractivity contribution in [3.8, 4) is 11.8 Å². The van der Waals surface area contributed by atoms with Crippen molar-refractivity contribution in [2.45, 2.75) is 13.2 Å². The lowest BCUT2D eigenvalue weighted by molar-refractivity contribution is 0.0946. The second-order valence-electron chi connectivity index (χ2n) is 5.77. The zero-order valence-electron chi connectivity index (χ0n) is 14.2. The van der Waals surface area contributed by atoms with Gasteiger partial charge in [-0.05, 0) is 35.4 Å². The van der Waals surface area contributed by atoms with Gasteiger partial charge in [0.05, 0.1) is 17.2 Å². The fraction of sp³-hybridized carbons (Fsp3) is 0.0909. The number of nitrogens with one attached hydrogen (secondary N) is 1. The minimum absolute atomic E-state index is 0.185. The lowest BCUT2D eigenvalue weighted by atomic mass is 10.1. The summed E-state index contributed by atoms with van der Waals surface area (Å²) in [6.45, 7) is 0.747. The molecule has 0 saturated heterocycles. The third kappa shape index (κ3) is 4.49. The van der Waals surface area contributed by atoms with Crippen molar-refractivity contribution in [2.75, 3.05) is 0 Å². The minimum atomic E-state index is -0.185. The second kappa shape index (κ2) is 8.50. The van der Waals surface area contributed by atoms with Gasteiger partial charge in [-0.2, -0.15) is 5.26 Å². The number of benzene rings is 3. The maximum absolute atomic E-state index is 12.5. The summed E-state index contributed by atoms with van der Waals surface area (Å²) < 4.78 is 5.83. The molecular weight excluding hydrogens is 324 g/mol. The van der Waals surface area contributed by atoms with Gasteiger partial charge >= 0.3 is 0 Å². The Hall–Kier alpha value is -3.58. The van der Waals surface area contributed by atoms with E-state index in [-0.39, 0.29) is 5.91 Å². The molecule has 3 rings (SSSR count). The molecule has 128 valence electrons. The van der Waals surface area contributed by atoms with Gasteiger partial charge in [-0.25, -0.2) is 0 Å². The van der Waals surface area contributed by atoms with Gasteiger partial charge in [0.25, 0.3) is 5.91 Å². The first kappa shape index (κ1) is 17.2. The second-order valence-corrected chi connectivity index (χ2v) is 5.77. The summed E-state index contributed by atoms with van der Waals surface area (Å²) in [6.07, 6.45) is 0. The molecule has 26 heavy (non-hydrogen) atoms. The fourth-order valence-corrected chi connectivity index (χ4v) is 2.55. The number of ether oxygens (including phenoxy) is 1. The van der Waals surface area contributed by atoms with Gasteiger partial charge < -0.3 is 10.1 Å². The summed E-state index contributed by atoms with van der Waals surface area (Å²) in [4.78, 5) is 12.5. The Morgan fingerprint density at radius 2 is 1.65 bits per heavy atom. The Kier molecular flexibility index (Phi) is 5.64. The van der Waals surface area contributed by atoms with Gasteiger partial charge in [-0.15, -0.1) is 0 Å². The predicted molar refractivity (Wildman–Crippen MR) is 99.5 cm³/mol. The molecule has 0 heterocycles. The molecule has 0 unspecified atom stereocenters. The van der Waals surface area contributed by atoms with Gasteiger partial charge in [-0.3, -0.25) is 4.79 Å². The summed E-state index contributed by atoms with van der Waals surface area (Å²) in [6, 6.07) is 26.2. The van der Waals surface area contributed by atoms with Gasteiger partial charge in [0.15, 0.2) is 0 Å². The largest absolute Gasteiger partial charge is 0.488 e. The Labute approximate surface area is 152 Å². The van der Waals surface area contributed by atoms with Crippen LogP contribution in [0.15, 0.2) is 78.9 Å². The van der Waals surface area contributed by atoms with E-state index in [0.717, 1.165) is 11.1 Å². The molecule has 0 aromatic heterocycles. The summed E-state index contributed by atoms with van der Waals surface area (Å²) in [5.74, 6) is 0.329. The minimum Gasteiger partial charge on any atom is -0.488 e. The van der Waals surface area contributed by atoms with E-state index in [1.54, 1.807) is 30.3 Å². The number of para-hydroxylation sites is 1. The number of hydrogen-bond donors (Lipinski definition) is 1. The van der Waals surface area contributed by atoms with Crippen LogP contribution in [-0.2, 0) is 13.2 Å². The topological polar surface area (TPSA) is 62.1 Å². The first-order chi connectivity index (χ1) is 12.8. The normalized spacial score (nSPS) is 9.96. The average molecular weight is 342 g/mol. The van der Waals surface area contributed by atoms with E-state index in [2.05, 4.69) is 11.4 Å². The third-order valence-corrected chi connectivity index (χ3v) is 3.88. The van der Waals surface area contributed by atoms with Crippen LogP contribution >= 0.6 is 0 Å². The highest BCUT2D eigenvalue weighted by molar-refractivity contribution is 5.96. The smallest absolute Gasteiger partial charge is 0.255 e. The summed E-state index contributed by atoms with van der Waals surface area (Å²) >= 11 is 0. The summed E-state index contributed by atoms with van der Waals surface area (Å²) in [5.41, 5.74) is 2.98. The molecule has 0 spiro atoms. The van der Waals surface area contributed by atoms with Crippen LogP contribution in [0, 0.1) is 11.3 Å². The molecule has 0 radical (unpaired) electrons. The van der Waals surface area contributed by atoms with Crippen LogP contribution in [0.5, 0.6) is 5.75 Å². The Bertz CT molecular complexity index is 930. The molecule has 0 aliphatic carbocycles. The molecule has 0 atom stereocenters. The third-order valence-electron chi connectivity index (χ3n) is 3.88. The molecule has 1 amide bonds. The van der Waals surface area contributed by atoms with Crippen molar-refractivity contribution in [3.63, 3.8) is 0 Å². The number of hydrogen-bond acceptors (Lipinski definition) is 3. The van der Waals surface area contributed by atoms with E-state index in [4.69, 9.17) is 10.00 Å². The predicted octanol–water partition coefficient (Wildman–Crippen LogP) is 4.07. The van der Waals surface area contributed by atoms with Crippen LogP contribution in [-0.4, -0.2) is 5.91 Å². The monoisotopic (exact) mass is 342 g/mol. The van der Waals surface area contributed by atoms with Gasteiger partial charge in [0, 0.05) is 6.54 Å². The molecule has 1 N–H and O–H groups in total. The van der Waals surface area contributed by atoms with E-state index in [9.17, 15) is 4.79 Å². The number of rotatable bonds is 6. The molecule has 3 aromatic rings. The molecule has 3 aromatic carbocycles. The van der Waals surface area contributed by atoms with Gasteiger partial charge in [0.1, 0.15) is 12.4 Å². The number of amides is 1. The van der Waals surface area contributed by atoms with Gasteiger partial charge in [0.2, 0.25) is 0 Å². The van der Waals surface area contributed by atoms with E-state index < -0.39 is 0 Å². The number of carbonyl (C=O) groups excluding carboxylic acids is 1. The number of nitrogens with zero attached hydrogens (tertiary/aromatic N) is 1. The van der Waals surface area contributed by atoms with Crippen LogP contribution in [0.25, 0.3) is 0 Å². The van der Waals surface area contributed by atoms with Crippen LogP contribution in [0.1, 0.15) is 27.0 Å². The summed E-state index contributed by atoms with van der Waals surface area (Å²) in [5, 5.41) is 11.9. The number of carbonyl (C=O) groups is 1. The highest BCUT2D eigenvalue weighted by Gasteiger charge is 2.12. The highest BCUT2D eigenvalue weighted by atomic mass is 16.5. The molecule has 0 saturated carbocycles.